The van der Waals surface area contributed by atoms with Gasteiger partial charge in [0.1, 0.15) is 0 Å². The number of nitrogens with zero attached hydrogens (tertiary/aromatic N) is 2. The minimum Gasteiger partial charge on any atom is -0.389 e. The number of β-amino-alcohol motifs (C(OH)–C–C–N with tert-alkyl or cyclic N) is 1. The van der Waals surface area contributed by atoms with Crippen molar-refractivity contribution < 1.29 is 9.84 Å². The lowest BCUT2D eigenvalue weighted by Crippen LogP contribution is -2.49. The molecule has 1 aromatic rings. The molecule has 0 aromatic heterocycles. The molecule has 1 unspecified atom stereocenters. The highest BCUT2D eigenvalue weighted by Crippen LogP contribution is 2.25. The number of piperazine rings is 1. The maximum atomic E-state index is 10.1. The molecular weight excluding hydrogens is 288 g/mol. The average molecular weight is 320 g/mol. The van der Waals surface area contributed by atoms with Gasteiger partial charge in [0.15, 0.2) is 0 Å². The number of unbranched alkanes of at least 4 members (excludes halogenated alkanes) is 1. The fourth-order valence-electron chi connectivity index (χ4n) is 3.28. The summed E-state index contributed by atoms with van der Waals surface area (Å²) in [6, 6.07) is 6.50. The van der Waals surface area contributed by atoms with Gasteiger partial charge in [-0.2, -0.15) is 0 Å². The SMILES string of the molecule is CCCCOCC(O)CN1CCN(c2c(C)cccc2C)CC1. The standard InChI is InChI=1S/C19H32N2O2/c1-4-5-13-23-15-18(22)14-20-9-11-21(12-10-20)19-16(2)7-6-8-17(19)3/h6-8,18,22H,4-5,9-15H2,1-3H3. The van der Waals surface area contributed by atoms with Crippen molar-refractivity contribution in [2.45, 2.75) is 39.7 Å². The van der Waals surface area contributed by atoms with Crippen molar-refractivity contribution in [3.63, 3.8) is 0 Å². The maximum Gasteiger partial charge on any atom is 0.0900 e. The van der Waals surface area contributed by atoms with Crippen LogP contribution in [0.25, 0.3) is 0 Å². The van der Waals surface area contributed by atoms with Crippen LogP contribution in [0.2, 0.25) is 0 Å². The molecule has 1 aromatic carbocycles. The number of hydrogen-bond donors (Lipinski definition) is 1. The first-order valence-electron chi connectivity index (χ1n) is 8.91. The van der Waals surface area contributed by atoms with Gasteiger partial charge in [0.2, 0.25) is 0 Å². The van der Waals surface area contributed by atoms with E-state index >= 15 is 0 Å². The number of aliphatic hydroxyl groups is 1. The molecule has 1 aliphatic rings. The summed E-state index contributed by atoms with van der Waals surface area (Å²) < 4.78 is 5.51. The number of benzene rings is 1. The number of para-hydroxylation sites is 1. The molecule has 0 amide bonds. The Morgan fingerprint density at radius 2 is 1.78 bits per heavy atom. The van der Waals surface area contributed by atoms with Gasteiger partial charge in [-0.15, -0.1) is 0 Å². The molecule has 0 saturated carbocycles. The molecule has 1 saturated heterocycles. The number of hydrogen-bond acceptors (Lipinski definition) is 4. The number of rotatable bonds is 8. The van der Waals surface area contributed by atoms with E-state index in [2.05, 4.69) is 48.8 Å². The minimum atomic E-state index is -0.376. The average Bonchev–Trinajstić information content (AvgIpc) is 2.53. The lowest BCUT2D eigenvalue weighted by atomic mass is 10.1. The Hall–Kier alpha value is -1.10. The van der Waals surface area contributed by atoms with Crippen molar-refractivity contribution in [2.24, 2.45) is 0 Å². The van der Waals surface area contributed by atoms with Crippen LogP contribution in [0.15, 0.2) is 18.2 Å². The smallest absolute Gasteiger partial charge is 0.0900 e. The van der Waals surface area contributed by atoms with Crippen molar-refractivity contribution in [3.8, 4) is 0 Å². The molecule has 1 aliphatic heterocycles. The van der Waals surface area contributed by atoms with Gasteiger partial charge in [-0.3, -0.25) is 4.90 Å². The second-order valence-electron chi connectivity index (χ2n) is 6.61. The van der Waals surface area contributed by atoms with Crippen LogP contribution >= 0.6 is 0 Å². The fourth-order valence-corrected chi connectivity index (χ4v) is 3.28. The topological polar surface area (TPSA) is 35.9 Å². The van der Waals surface area contributed by atoms with E-state index in [9.17, 15) is 5.11 Å². The van der Waals surface area contributed by atoms with E-state index in [1.807, 2.05) is 0 Å². The summed E-state index contributed by atoms with van der Waals surface area (Å²) in [5.41, 5.74) is 4.08. The molecule has 1 atom stereocenters. The molecule has 1 fully saturated rings. The largest absolute Gasteiger partial charge is 0.389 e. The Balaban J connectivity index is 1.75. The van der Waals surface area contributed by atoms with E-state index < -0.39 is 0 Å². The Kier molecular flexibility index (Phi) is 7.34. The highest BCUT2D eigenvalue weighted by Gasteiger charge is 2.21. The van der Waals surface area contributed by atoms with Gasteiger partial charge in [0.05, 0.1) is 12.7 Å². The van der Waals surface area contributed by atoms with E-state index in [4.69, 9.17) is 4.74 Å². The highest BCUT2D eigenvalue weighted by molar-refractivity contribution is 5.59. The monoisotopic (exact) mass is 320 g/mol. The van der Waals surface area contributed by atoms with E-state index in [0.29, 0.717) is 13.2 Å². The van der Waals surface area contributed by atoms with Gasteiger partial charge in [-0.1, -0.05) is 31.5 Å². The normalized spacial score (nSPS) is 17.5. The van der Waals surface area contributed by atoms with Crippen LogP contribution in [-0.4, -0.2) is 62.0 Å². The van der Waals surface area contributed by atoms with Crippen LogP contribution in [0.3, 0.4) is 0 Å². The van der Waals surface area contributed by atoms with E-state index in [-0.39, 0.29) is 6.10 Å². The van der Waals surface area contributed by atoms with E-state index in [1.165, 1.54) is 16.8 Å². The molecule has 4 nitrogen and oxygen atoms in total. The molecule has 0 spiro atoms. The zero-order valence-electron chi connectivity index (χ0n) is 14.9. The molecule has 23 heavy (non-hydrogen) atoms. The molecule has 0 radical (unpaired) electrons. The van der Waals surface area contributed by atoms with Gasteiger partial charge in [-0.25, -0.2) is 0 Å². The van der Waals surface area contributed by atoms with Crippen LogP contribution in [0.5, 0.6) is 0 Å². The number of aliphatic hydroxyl groups excluding tert-OH is 1. The van der Waals surface area contributed by atoms with Crippen LogP contribution in [0.1, 0.15) is 30.9 Å². The van der Waals surface area contributed by atoms with Crippen LogP contribution in [-0.2, 0) is 4.74 Å². The molecular formula is C19H32N2O2. The predicted molar refractivity (Wildman–Crippen MR) is 96.3 cm³/mol. The molecule has 1 N–H and O–H groups in total. The van der Waals surface area contributed by atoms with Crippen LogP contribution in [0, 0.1) is 13.8 Å². The van der Waals surface area contributed by atoms with Crippen LogP contribution in [0.4, 0.5) is 5.69 Å². The maximum absolute atomic E-state index is 10.1. The lowest BCUT2D eigenvalue weighted by Gasteiger charge is -2.38. The summed E-state index contributed by atoms with van der Waals surface area (Å²) in [6.45, 7) is 12.5. The lowest BCUT2D eigenvalue weighted by molar-refractivity contribution is 0.0150. The third-order valence-electron chi connectivity index (χ3n) is 4.55. The molecule has 0 bridgehead atoms. The zero-order valence-corrected chi connectivity index (χ0v) is 14.9. The predicted octanol–water partition coefficient (Wildman–Crippen LogP) is 2.60. The van der Waals surface area contributed by atoms with Crippen molar-refractivity contribution in [3.05, 3.63) is 29.3 Å². The summed E-state index contributed by atoms with van der Waals surface area (Å²) >= 11 is 0. The first kappa shape index (κ1) is 18.2. The van der Waals surface area contributed by atoms with Crippen molar-refractivity contribution >= 4 is 5.69 Å². The summed E-state index contributed by atoms with van der Waals surface area (Å²) in [5, 5.41) is 10.1. The van der Waals surface area contributed by atoms with Gasteiger partial charge in [-0.05, 0) is 31.4 Å². The van der Waals surface area contributed by atoms with Crippen LogP contribution < -0.4 is 4.90 Å². The van der Waals surface area contributed by atoms with E-state index in [1.54, 1.807) is 0 Å². The third-order valence-corrected chi connectivity index (χ3v) is 4.55. The zero-order chi connectivity index (χ0) is 16.7. The number of aryl methyl sites for hydroxylation is 2. The first-order valence-corrected chi connectivity index (χ1v) is 8.91. The highest BCUT2D eigenvalue weighted by atomic mass is 16.5. The second-order valence-corrected chi connectivity index (χ2v) is 6.61. The Labute approximate surface area is 141 Å². The van der Waals surface area contributed by atoms with Crippen molar-refractivity contribution in [2.75, 3.05) is 50.8 Å². The number of ether oxygens (including phenoxy) is 1. The number of anilines is 1. The van der Waals surface area contributed by atoms with Crippen molar-refractivity contribution in [1.29, 1.82) is 0 Å². The van der Waals surface area contributed by atoms with Gasteiger partial charge in [0.25, 0.3) is 0 Å². The third kappa shape index (κ3) is 5.48. The van der Waals surface area contributed by atoms with Crippen molar-refractivity contribution in [1.82, 2.24) is 4.90 Å². The van der Waals surface area contributed by atoms with Gasteiger partial charge >= 0.3 is 0 Å². The summed E-state index contributed by atoms with van der Waals surface area (Å²) in [7, 11) is 0. The molecule has 1 heterocycles. The van der Waals surface area contributed by atoms with Gasteiger partial charge < -0.3 is 14.7 Å². The Morgan fingerprint density at radius 3 is 2.39 bits per heavy atom. The summed E-state index contributed by atoms with van der Waals surface area (Å²) in [6.07, 6.45) is 1.83. The van der Waals surface area contributed by atoms with E-state index in [0.717, 1.165) is 45.6 Å². The Bertz CT molecular complexity index is 450. The Morgan fingerprint density at radius 1 is 1.13 bits per heavy atom. The summed E-state index contributed by atoms with van der Waals surface area (Å²) in [4.78, 5) is 4.82. The summed E-state index contributed by atoms with van der Waals surface area (Å²) in [5.74, 6) is 0. The molecule has 4 heteroatoms. The quantitative estimate of drug-likeness (QED) is 0.747. The second kappa shape index (κ2) is 9.26. The fraction of sp³-hybridized carbons (Fsp3) is 0.684. The molecule has 130 valence electrons. The molecule has 0 aliphatic carbocycles. The van der Waals surface area contributed by atoms with Gasteiger partial charge in [0, 0.05) is 45.0 Å². The minimum absolute atomic E-state index is 0.376. The first-order chi connectivity index (χ1) is 11.1. The molecule has 2 rings (SSSR count).